The van der Waals surface area contributed by atoms with E-state index in [0.29, 0.717) is 23.6 Å². The molecule has 1 saturated heterocycles. The minimum absolute atomic E-state index is 0.124. The van der Waals surface area contributed by atoms with Gasteiger partial charge in [0, 0.05) is 25.1 Å². The molecular weight excluding hydrogens is 441 g/mol. The SMILES string of the molecule is O=C(Nc1ccccc1Cl)C1CCN(S(=O)(=O)c2ccc(Cl)c([N+](=O)[O-])c2)CC1. The van der Waals surface area contributed by atoms with Crippen LogP contribution in [0.15, 0.2) is 47.4 Å². The average molecular weight is 458 g/mol. The number of nitrogens with zero attached hydrogens (tertiary/aromatic N) is 2. The lowest BCUT2D eigenvalue weighted by Gasteiger charge is -2.30. The second kappa shape index (κ2) is 8.66. The van der Waals surface area contributed by atoms with Gasteiger partial charge in [0.1, 0.15) is 5.02 Å². The van der Waals surface area contributed by atoms with E-state index in [1.165, 1.54) is 16.4 Å². The highest BCUT2D eigenvalue weighted by Gasteiger charge is 2.33. The topological polar surface area (TPSA) is 110 Å². The van der Waals surface area contributed by atoms with Gasteiger partial charge in [-0.1, -0.05) is 35.3 Å². The van der Waals surface area contributed by atoms with Crippen LogP contribution in [0, 0.1) is 16.0 Å². The third-order valence-electron chi connectivity index (χ3n) is 4.71. The van der Waals surface area contributed by atoms with Crippen molar-refractivity contribution in [3.63, 3.8) is 0 Å². The molecule has 3 rings (SSSR count). The molecular formula is C18H17Cl2N3O5S. The molecule has 2 aromatic carbocycles. The maximum Gasteiger partial charge on any atom is 0.289 e. The number of carbonyl (C=O) groups excluding carboxylic acids is 1. The van der Waals surface area contributed by atoms with Crippen LogP contribution in [0.25, 0.3) is 0 Å². The number of nitrogens with one attached hydrogen (secondary N) is 1. The smallest absolute Gasteiger partial charge is 0.289 e. The first-order valence-electron chi connectivity index (χ1n) is 8.69. The lowest BCUT2D eigenvalue weighted by atomic mass is 9.97. The number of hydrogen-bond donors (Lipinski definition) is 1. The summed E-state index contributed by atoms with van der Waals surface area (Å²) < 4.78 is 26.9. The van der Waals surface area contributed by atoms with Crippen molar-refractivity contribution in [1.29, 1.82) is 0 Å². The highest BCUT2D eigenvalue weighted by Crippen LogP contribution is 2.31. The van der Waals surface area contributed by atoms with Crippen LogP contribution in [0.4, 0.5) is 11.4 Å². The van der Waals surface area contributed by atoms with Crippen molar-refractivity contribution < 1.29 is 18.1 Å². The van der Waals surface area contributed by atoms with Gasteiger partial charge in [0.15, 0.2) is 0 Å². The molecule has 0 saturated carbocycles. The summed E-state index contributed by atoms with van der Waals surface area (Å²) in [6, 6.07) is 10.2. The zero-order chi connectivity index (χ0) is 21.2. The molecule has 0 bridgehead atoms. The van der Waals surface area contributed by atoms with Crippen LogP contribution >= 0.6 is 23.2 Å². The third-order valence-corrected chi connectivity index (χ3v) is 7.25. The molecule has 1 N–H and O–H groups in total. The Kier molecular flexibility index (Phi) is 6.42. The second-order valence-electron chi connectivity index (χ2n) is 6.52. The number of amides is 1. The van der Waals surface area contributed by atoms with Gasteiger partial charge in [-0.25, -0.2) is 8.42 Å². The predicted octanol–water partition coefficient (Wildman–Crippen LogP) is 3.94. The highest BCUT2D eigenvalue weighted by atomic mass is 35.5. The fraction of sp³-hybridized carbons (Fsp3) is 0.278. The Morgan fingerprint density at radius 3 is 2.38 bits per heavy atom. The zero-order valence-electron chi connectivity index (χ0n) is 15.0. The zero-order valence-corrected chi connectivity index (χ0v) is 17.4. The molecule has 1 heterocycles. The Bertz CT molecular complexity index is 1050. The van der Waals surface area contributed by atoms with E-state index in [9.17, 15) is 23.3 Å². The van der Waals surface area contributed by atoms with Gasteiger partial charge < -0.3 is 5.32 Å². The molecule has 0 aromatic heterocycles. The Hall–Kier alpha value is -2.20. The average Bonchev–Trinajstić information content (AvgIpc) is 2.69. The molecule has 0 spiro atoms. The van der Waals surface area contributed by atoms with Gasteiger partial charge in [-0.15, -0.1) is 0 Å². The van der Waals surface area contributed by atoms with Gasteiger partial charge in [0.25, 0.3) is 5.69 Å². The van der Waals surface area contributed by atoms with Crippen LogP contribution in [-0.4, -0.2) is 36.6 Å². The molecule has 0 aliphatic carbocycles. The normalized spacial score (nSPS) is 15.8. The van der Waals surface area contributed by atoms with Crippen LogP contribution in [0.5, 0.6) is 0 Å². The molecule has 29 heavy (non-hydrogen) atoms. The van der Waals surface area contributed by atoms with Gasteiger partial charge in [-0.05, 0) is 37.1 Å². The molecule has 154 valence electrons. The van der Waals surface area contributed by atoms with E-state index in [1.807, 2.05) is 0 Å². The summed E-state index contributed by atoms with van der Waals surface area (Å²) in [5.74, 6) is -0.588. The fourth-order valence-electron chi connectivity index (χ4n) is 3.10. The van der Waals surface area contributed by atoms with E-state index in [2.05, 4.69) is 5.32 Å². The number of sulfonamides is 1. The van der Waals surface area contributed by atoms with Crippen LogP contribution in [0.3, 0.4) is 0 Å². The number of nitro groups is 1. The van der Waals surface area contributed by atoms with Crippen molar-refractivity contribution in [2.24, 2.45) is 5.92 Å². The molecule has 1 fully saturated rings. The largest absolute Gasteiger partial charge is 0.325 e. The quantitative estimate of drug-likeness (QED) is 0.539. The van der Waals surface area contributed by atoms with Gasteiger partial charge in [-0.3, -0.25) is 14.9 Å². The molecule has 1 aliphatic heterocycles. The number of halogens is 2. The maximum atomic E-state index is 12.8. The van der Waals surface area contributed by atoms with Crippen molar-refractivity contribution in [1.82, 2.24) is 4.31 Å². The van der Waals surface area contributed by atoms with Crippen LogP contribution < -0.4 is 5.32 Å². The first kappa shape index (κ1) is 21.5. The number of rotatable bonds is 5. The lowest BCUT2D eigenvalue weighted by molar-refractivity contribution is -0.384. The number of para-hydroxylation sites is 1. The predicted molar refractivity (Wildman–Crippen MR) is 110 cm³/mol. The van der Waals surface area contributed by atoms with Crippen molar-refractivity contribution in [2.75, 3.05) is 18.4 Å². The van der Waals surface area contributed by atoms with E-state index in [1.54, 1.807) is 24.3 Å². The van der Waals surface area contributed by atoms with Gasteiger partial charge in [0.2, 0.25) is 15.9 Å². The summed E-state index contributed by atoms with van der Waals surface area (Å²) in [7, 11) is -3.93. The maximum absolute atomic E-state index is 12.8. The summed E-state index contributed by atoms with van der Waals surface area (Å²) in [4.78, 5) is 22.6. The molecule has 1 amide bonds. The van der Waals surface area contributed by atoms with Gasteiger partial charge >= 0.3 is 0 Å². The lowest BCUT2D eigenvalue weighted by Crippen LogP contribution is -2.41. The van der Waals surface area contributed by atoms with Crippen molar-refractivity contribution in [3.05, 3.63) is 62.6 Å². The standard InChI is InChI=1S/C18H17Cl2N3O5S/c19-14-3-1-2-4-16(14)21-18(24)12-7-9-22(10-8-12)29(27,28)13-5-6-15(20)17(11-13)23(25)26/h1-6,11-12H,7-10H2,(H,21,24). The van der Waals surface area contributed by atoms with Crippen LogP contribution in [0.2, 0.25) is 10.0 Å². The first-order chi connectivity index (χ1) is 13.7. The number of anilines is 1. The Morgan fingerprint density at radius 2 is 1.76 bits per heavy atom. The Labute approximate surface area is 177 Å². The Balaban J connectivity index is 1.68. The third kappa shape index (κ3) is 4.69. The summed E-state index contributed by atoms with van der Waals surface area (Å²) >= 11 is 11.8. The van der Waals surface area contributed by atoms with Crippen LogP contribution in [0.1, 0.15) is 12.8 Å². The molecule has 1 aliphatic rings. The monoisotopic (exact) mass is 457 g/mol. The molecule has 0 radical (unpaired) electrons. The van der Waals surface area contributed by atoms with E-state index in [4.69, 9.17) is 23.2 Å². The second-order valence-corrected chi connectivity index (χ2v) is 9.27. The molecule has 11 heteroatoms. The van der Waals surface area contributed by atoms with Crippen molar-refractivity contribution in [3.8, 4) is 0 Å². The summed E-state index contributed by atoms with van der Waals surface area (Å²) in [6.07, 6.45) is 0.649. The minimum Gasteiger partial charge on any atom is -0.325 e. The number of carbonyl (C=O) groups is 1. The Morgan fingerprint density at radius 1 is 1.10 bits per heavy atom. The van der Waals surface area contributed by atoms with Crippen LogP contribution in [-0.2, 0) is 14.8 Å². The minimum atomic E-state index is -3.93. The van der Waals surface area contributed by atoms with Gasteiger partial charge in [0.05, 0.1) is 20.5 Å². The summed E-state index contributed by atoms with van der Waals surface area (Å²) in [5.41, 5.74) is 0.0319. The van der Waals surface area contributed by atoms with E-state index in [-0.39, 0.29) is 34.8 Å². The number of nitro benzene ring substituents is 1. The fourth-order valence-corrected chi connectivity index (χ4v) is 4.96. The molecule has 2 aromatic rings. The summed E-state index contributed by atoms with van der Waals surface area (Å²) in [5, 5.41) is 14.1. The molecule has 0 unspecified atom stereocenters. The van der Waals surface area contributed by atoms with E-state index in [0.717, 1.165) is 6.07 Å². The number of benzene rings is 2. The van der Waals surface area contributed by atoms with E-state index >= 15 is 0 Å². The molecule has 0 atom stereocenters. The van der Waals surface area contributed by atoms with Crippen molar-refractivity contribution in [2.45, 2.75) is 17.7 Å². The number of hydrogen-bond acceptors (Lipinski definition) is 5. The van der Waals surface area contributed by atoms with Crippen molar-refractivity contribution >= 4 is 50.5 Å². The van der Waals surface area contributed by atoms with E-state index < -0.39 is 20.6 Å². The van der Waals surface area contributed by atoms with Gasteiger partial charge in [-0.2, -0.15) is 4.31 Å². The number of piperidine rings is 1. The summed E-state index contributed by atoms with van der Waals surface area (Å²) in [6.45, 7) is 0.249. The first-order valence-corrected chi connectivity index (χ1v) is 10.9. The molecule has 8 nitrogen and oxygen atoms in total. The highest BCUT2D eigenvalue weighted by molar-refractivity contribution is 7.89.